The number of piperazine rings is 1. The van der Waals surface area contributed by atoms with Crippen molar-refractivity contribution in [1.29, 1.82) is 0 Å². The molecule has 0 bridgehead atoms. The summed E-state index contributed by atoms with van der Waals surface area (Å²) in [6, 6.07) is 17.8. The Hall–Kier alpha value is -3.26. The van der Waals surface area contributed by atoms with Gasteiger partial charge in [0, 0.05) is 43.2 Å². The Balaban J connectivity index is 1.36. The van der Waals surface area contributed by atoms with Gasteiger partial charge in [-0.3, -0.25) is 9.69 Å². The number of carbonyl (C=O) groups is 1. The molecule has 0 saturated carbocycles. The Bertz CT molecular complexity index is 1390. The highest BCUT2D eigenvalue weighted by Gasteiger charge is 2.38. The van der Waals surface area contributed by atoms with Crippen LogP contribution in [0.3, 0.4) is 0 Å². The van der Waals surface area contributed by atoms with Crippen molar-refractivity contribution in [2.24, 2.45) is 0 Å². The molecule has 1 aliphatic heterocycles. The monoisotopic (exact) mass is 489 g/mol. The largest absolute Gasteiger partial charge is 0.383 e. The van der Waals surface area contributed by atoms with Gasteiger partial charge in [-0.05, 0) is 59.2 Å². The molecule has 1 fully saturated rings. The van der Waals surface area contributed by atoms with Crippen molar-refractivity contribution < 1.29 is 9.53 Å². The summed E-state index contributed by atoms with van der Waals surface area (Å²) in [6.07, 6.45) is 1.46. The summed E-state index contributed by atoms with van der Waals surface area (Å²) < 4.78 is 5.47. The fraction of sp³-hybridized carbons (Fsp3) is 0.296. The van der Waals surface area contributed by atoms with E-state index >= 15 is 0 Å². The third-order valence-electron chi connectivity index (χ3n) is 6.70. The first-order valence-corrected chi connectivity index (χ1v) is 12.0. The maximum absolute atomic E-state index is 13.6. The molecule has 7 nitrogen and oxygen atoms in total. The number of amides is 1. The average Bonchev–Trinajstić information content (AvgIpc) is 2.84. The van der Waals surface area contributed by atoms with Gasteiger partial charge in [0.2, 0.25) is 5.91 Å². The second kappa shape index (κ2) is 9.77. The van der Waals surface area contributed by atoms with E-state index in [2.05, 4.69) is 40.0 Å². The van der Waals surface area contributed by atoms with Crippen molar-refractivity contribution in [3.8, 4) is 0 Å². The number of anilines is 1. The average molecular weight is 490 g/mol. The Kier molecular flexibility index (Phi) is 6.56. The van der Waals surface area contributed by atoms with Gasteiger partial charge < -0.3 is 15.4 Å². The number of benzene rings is 3. The molecule has 35 heavy (non-hydrogen) atoms. The summed E-state index contributed by atoms with van der Waals surface area (Å²) >= 11 is 6.13. The number of aromatic nitrogens is 2. The van der Waals surface area contributed by atoms with Crippen molar-refractivity contribution in [2.75, 3.05) is 26.0 Å². The van der Waals surface area contributed by atoms with Gasteiger partial charge in [0.1, 0.15) is 18.2 Å². The Labute approximate surface area is 209 Å². The molecular formula is C27H28ClN5O2. The fourth-order valence-electron chi connectivity index (χ4n) is 4.89. The minimum Gasteiger partial charge on any atom is -0.383 e. The lowest BCUT2D eigenvalue weighted by Gasteiger charge is -2.44. The molecule has 3 aromatic carbocycles. The van der Waals surface area contributed by atoms with Crippen LogP contribution in [-0.4, -0.2) is 58.0 Å². The second-order valence-corrected chi connectivity index (χ2v) is 9.59. The maximum Gasteiger partial charge on any atom is 0.242 e. The van der Waals surface area contributed by atoms with Gasteiger partial charge in [0.15, 0.2) is 0 Å². The lowest BCUT2D eigenvalue weighted by atomic mass is 10.0. The van der Waals surface area contributed by atoms with Crippen LogP contribution < -0.4 is 5.73 Å². The molecule has 0 unspecified atom stereocenters. The number of halogens is 1. The van der Waals surface area contributed by atoms with Crippen LogP contribution in [0.25, 0.3) is 21.7 Å². The van der Waals surface area contributed by atoms with Crippen LogP contribution in [-0.2, 0) is 22.6 Å². The molecule has 0 radical (unpaired) electrons. The van der Waals surface area contributed by atoms with E-state index in [-0.39, 0.29) is 18.0 Å². The van der Waals surface area contributed by atoms with Crippen molar-refractivity contribution in [3.05, 3.63) is 77.1 Å². The third kappa shape index (κ3) is 4.80. The molecule has 2 atom stereocenters. The predicted molar refractivity (Wildman–Crippen MR) is 139 cm³/mol. The van der Waals surface area contributed by atoms with Gasteiger partial charge in [-0.25, -0.2) is 9.97 Å². The van der Waals surface area contributed by atoms with E-state index in [1.165, 1.54) is 6.33 Å². The van der Waals surface area contributed by atoms with Crippen LogP contribution in [0.4, 0.5) is 5.82 Å². The molecule has 4 aromatic rings. The van der Waals surface area contributed by atoms with Crippen LogP contribution in [0.5, 0.6) is 0 Å². The molecule has 1 saturated heterocycles. The highest BCUT2D eigenvalue weighted by molar-refractivity contribution is 6.31. The van der Waals surface area contributed by atoms with Crippen LogP contribution in [0.1, 0.15) is 18.1 Å². The minimum absolute atomic E-state index is 0.0426. The molecular weight excluding hydrogens is 462 g/mol. The fourth-order valence-corrected chi connectivity index (χ4v) is 5.07. The van der Waals surface area contributed by atoms with Crippen LogP contribution in [0.2, 0.25) is 5.02 Å². The van der Waals surface area contributed by atoms with E-state index in [0.29, 0.717) is 25.5 Å². The number of nitrogens with zero attached hydrogens (tertiary/aromatic N) is 4. The summed E-state index contributed by atoms with van der Waals surface area (Å²) in [4.78, 5) is 26.2. The van der Waals surface area contributed by atoms with E-state index in [4.69, 9.17) is 22.1 Å². The van der Waals surface area contributed by atoms with Crippen LogP contribution >= 0.6 is 11.6 Å². The predicted octanol–water partition coefficient (Wildman–Crippen LogP) is 4.27. The van der Waals surface area contributed by atoms with E-state index in [0.717, 1.165) is 44.4 Å². The van der Waals surface area contributed by atoms with Crippen LogP contribution in [0, 0.1) is 0 Å². The van der Waals surface area contributed by atoms with E-state index in [1.54, 1.807) is 7.11 Å². The number of methoxy groups -OCH3 is 1. The number of carbonyl (C=O) groups excluding carboxylic acids is 1. The van der Waals surface area contributed by atoms with Gasteiger partial charge in [-0.1, -0.05) is 35.9 Å². The maximum atomic E-state index is 13.6. The summed E-state index contributed by atoms with van der Waals surface area (Å²) in [5, 5.41) is 3.78. The number of nitrogen functional groups attached to an aromatic ring is 1. The molecule has 0 spiro atoms. The number of hydrogen-bond acceptors (Lipinski definition) is 6. The molecule has 8 heteroatoms. The number of nitrogens with two attached hydrogens (primary N) is 1. The van der Waals surface area contributed by atoms with Crippen LogP contribution in [0.15, 0.2) is 60.9 Å². The van der Waals surface area contributed by atoms with E-state index in [9.17, 15) is 4.79 Å². The Morgan fingerprint density at radius 1 is 1.03 bits per heavy atom. The number of fused-ring (bicyclic) bond motifs is 2. The number of hydrogen-bond donors (Lipinski definition) is 1. The summed E-state index contributed by atoms with van der Waals surface area (Å²) in [6.45, 7) is 4.36. The number of rotatable bonds is 6. The first kappa shape index (κ1) is 23.5. The molecule has 1 aliphatic rings. The molecule has 2 heterocycles. The lowest BCUT2D eigenvalue weighted by molar-refractivity contribution is -0.149. The van der Waals surface area contributed by atoms with E-state index < -0.39 is 0 Å². The van der Waals surface area contributed by atoms with E-state index in [1.807, 2.05) is 41.3 Å². The zero-order chi connectivity index (χ0) is 24.5. The standard InChI is InChI=1S/C27H28ClN5O2/c1-17-12-32(13-18-3-5-21-11-22(28)7-6-20(21)9-18)25(15-35-2)27(34)33(17)14-19-4-8-23-24(10-19)30-16-31-26(23)29/h3-11,16-17,25H,12-15H2,1-2H3,(H2,29,30,31)/t17-,25-/m0/s1. The van der Waals surface area contributed by atoms with Crippen molar-refractivity contribution in [3.63, 3.8) is 0 Å². The Morgan fingerprint density at radius 2 is 1.77 bits per heavy atom. The summed E-state index contributed by atoms with van der Waals surface area (Å²) in [5.41, 5.74) is 8.90. The molecule has 1 aromatic heterocycles. The zero-order valence-corrected chi connectivity index (χ0v) is 20.6. The SMILES string of the molecule is COC[C@H]1C(=O)N(Cc2ccc3c(N)ncnc3c2)[C@@H](C)CN1Cc1ccc2cc(Cl)ccc2c1. The molecule has 2 N–H and O–H groups in total. The van der Waals surface area contributed by atoms with Crippen molar-refractivity contribution in [2.45, 2.75) is 32.1 Å². The lowest BCUT2D eigenvalue weighted by Crippen LogP contribution is -2.61. The molecule has 1 amide bonds. The molecule has 5 rings (SSSR count). The first-order chi connectivity index (χ1) is 16.9. The zero-order valence-electron chi connectivity index (χ0n) is 19.8. The molecule has 0 aliphatic carbocycles. The Morgan fingerprint density at radius 3 is 2.60 bits per heavy atom. The minimum atomic E-state index is -0.351. The third-order valence-corrected chi connectivity index (χ3v) is 6.94. The topological polar surface area (TPSA) is 84.6 Å². The highest BCUT2D eigenvalue weighted by atomic mass is 35.5. The molecule has 180 valence electrons. The van der Waals surface area contributed by atoms with Gasteiger partial charge in [-0.15, -0.1) is 0 Å². The quantitative estimate of drug-likeness (QED) is 0.435. The summed E-state index contributed by atoms with van der Waals surface area (Å²) in [5.74, 6) is 0.525. The van der Waals surface area contributed by atoms with Gasteiger partial charge >= 0.3 is 0 Å². The highest BCUT2D eigenvalue weighted by Crippen LogP contribution is 2.26. The first-order valence-electron chi connectivity index (χ1n) is 11.6. The second-order valence-electron chi connectivity index (χ2n) is 9.15. The van der Waals surface area contributed by atoms with Gasteiger partial charge in [-0.2, -0.15) is 0 Å². The van der Waals surface area contributed by atoms with Gasteiger partial charge in [0.05, 0.1) is 12.1 Å². The van der Waals surface area contributed by atoms with Gasteiger partial charge in [0.25, 0.3) is 0 Å². The summed E-state index contributed by atoms with van der Waals surface area (Å²) in [7, 11) is 1.64. The van der Waals surface area contributed by atoms with Crippen molar-refractivity contribution >= 4 is 45.0 Å². The smallest absolute Gasteiger partial charge is 0.242 e. The number of ether oxygens (including phenoxy) is 1. The van der Waals surface area contributed by atoms with Crippen molar-refractivity contribution in [1.82, 2.24) is 19.8 Å². The normalized spacial score (nSPS) is 19.1.